The fraction of sp³-hybridized carbons (Fsp3) is 0.100. The van der Waals surface area contributed by atoms with E-state index in [1.807, 2.05) is 61.5 Å². The number of nitrogens with one attached hydrogen (secondary N) is 2. The van der Waals surface area contributed by atoms with Gasteiger partial charge in [0.1, 0.15) is 0 Å². The first-order valence-corrected chi connectivity index (χ1v) is 9.37. The summed E-state index contributed by atoms with van der Waals surface area (Å²) in [5.41, 5.74) is 1.70. The maximum absolute atomic E-state index is 12.6. The first kappa shape index (κ1) is 17.2. The number of rotatable bonds is 5. The Bertz CT molecular complexity index is 1070. The van der Waals surface area contributed by atoms with E-state index in [9.17, 15) is 4.79 Å². The number of anilines is 1. The summed E-state index contributed by atoms with van der Waals surface area (Å²) in [6.45, 7) is 1.84. The van der Waals surface area contributed by atoms with Crippen LogP contribution in [0.1, 0.15) is 6.92 Å². The molecule has 0 radical (unpaired) electrons. The molecule has 2 heterocycles. The maximum Gasteiger partial charge on any atom is 0.237 e. The molecule has 2 N–H and O–H groups in total. The van der Waals surface area contributed by atoms with Gasteiger partial charge in [-0.3, -0.25) is 14.9 Å². The van der Waals surface area contributed by atoms with E-state index >= 15 is 0 Å². The summed E-state index contributed by atoms with van der Waals surface area (Å²) in [6, 6.07) is 17.5. The molecule has 4 aromatic rings. The second kappa shape index (κ2) is 7.59. The predicted octanol–water partition coefficient (Wildman–Crippen LogP) is 4.14. The maximum atomic E-state index is 12.6. The van der Waals surface area contributed by atoms with Crippen LogP contribution in [0.15, 0.2) is 72.1 Å². The van der Waals surface area contributed by atoms with Gasteiger partial charge in [0.2, 0.25) is 11.1 Å². The Morgan fingerprint density at radius 1 is 1.07 bits per heavy atom. The monoisotopic (exact) mass is 375 g/mol. The van der Waals surface area contributed by atoms with E-state index in [0.29, 0.717) is 11.0 Å². The van der Waals surface area contributed by atoms with Crippen LogP contribution in [0.5, 0.6) is 0 Å². The van der Waals surface area contributed by atoms with Crippen molar-refractivity contribution >= 4 is 34.1 Å². The fourth-order valence-corrected chi connectivity index (χ4v) is 3.44. The Morgan fingerprint density at radius 2 is 1.85 bits per heavy atom. The molecular formula is C20H17N5OS. The van der Waals surface area contributed by atoms with Crippen molar-refractivity contribution in [3.05, 3.63) is 67.0 Å². The molecule has 0 fully saturated rings. The largest absolute Gasteiger partial charge is 0.325 e. The molecule has 2 aromatic carbocycles. The van der Waals surface area contributed by atoms with Gasteiger partial charge in [0.25, 0.3) is 0 Å². The van der Waals surface area contributed by atoms with Gasteiger partial charge < -0.3 is 5.32 Å². The third kappa shape index (κ3) is 3.83. The zero-order chi connectivity index (χ0) is 18.6. The number of thioether (sulfide) groups is 1. The minimum absolute atomic E-state index is 0.0911. The lowest BCUT2D eigenvalue weighted by Gasteiger charge is -2.12. The molecule has 4 rings (SSSR count). The second-order valence-electron chi connectivity index (χ2n) is 5.98. The number of aromatic nitrogens is 4. The van der Waals surface area contributed by atoms with Crippen LogP contribution in [0.25, 0.3) is 22.2 Å². The van der Waals surface area contributed by atoms with Crippen molar-refractivity contribution in [1.29, 1.82) is 0 Å². The Kier molecular flexibility index (Phi) is 4.84. The van der Waals surface area contributed by atoms with Crippen LogP contribution in [-0.2, 0) is 4.79 Å². The highest BCUT2D eigenvalue weighted by molar-refractivity contribution is 8.00. The first-order valence-electron chi connectivity index (χ1n) is 8.49. The van der Waals surface area contributed by atoms with Crippen molar-refractivity contribution in [2.75, 3.05) is 5.32 Å². The van der Waals surface area contributed by atoms with Gasteiger partial charge in [0.15, 0.2) is 5.82 Å². The summed E-state index contributed by atoms with van der Waals surface area (Å²) >= 11 is 1.31. The number of fused-ring (bicyclic) bond motifs is 1. The Morgan fingerprint density at radius 3 is 2.70 bits per heavy atom. The van der Waals surface area contributed by atoms with Gasteiger partial charge in [-0.1, -0.05) is 48.2 Å². The van der Waals surface area contributed by atoms with E-state index in [4.69, 9.17) is 0 Å². The molecule has 2 aromatic heterocycles. The normalized spacial score (nSPS) is 12.0. The molecule has 0 bridgehead atoms. The van der Waals surface area contributed by atoms with Gasteiger partial charge in [-0.15, -0.1) is 5.10 Å². The molecule has 134 valence electrons. The summed E-state index contributed by atoms with van der Waals surface area (Å²) in [4.78, 5) is 21.1. The highest BCUT2D eigenvalue weighted by Gasteiger charge is 2.18. The number of nitrogens with zero attached hydrogens (tertiary/aromatic N) is 3. The molecule has 0 aliphatic rings. The Balaban J connectivity index is 1.46. The minimum atomic E-state index is -0.343. The number of pyridine rings is 1. The van der Waals surface area contributed by atoms with Crippen molar-refractivity contribution < 1.29 is 4.79 Å². The zero-order valence-electron chi connectivity index (χ0n) is 14.6. The summed E-state index contributed by atoms with van der Waals surface area (Å²) in [5, 5.41) is 12.4. The average molecular weight is 375 g/mol. The van der Waals surface area contributed by atoms with Gasteiger partial charge >= 0.3 is 0 Å². The summed E-state index contributed by atoms with van der Waals surface area (Å²) in [7, 11) is 0. The predicted molar refractivity (Wildman–Crippen MR) is 108 cm³/mol. The summed E-state index contributed by atoms with van der Waals surface area (Å²) < 4.78 is 0. The van der Waals surface area contributed by atoms with Crippen LogP contribution in [0.3, 0.4) is 0 Å². The average Bonchev–Trinajstić information content (AvgIpc) is 3.17. The molecular weight excluding hydrogens is 358 g/mol. The van der Waals surface area contributed by atoms with E-state index in [-0.39, 0.29) is 11.2 Å². The van der Waals surface area contributed by atoms with Crippen molar-refractivity contribution in [2.24, 2.45) is 0 Å². The molecule has 0 saturated carbocycles. The third-order valence-corrected chi connectivity index (χ3v) is 5.08. The summed E-state index contributed by atoms with van der Waals surface area (Å²) in [5.74, 6) is 0.563. The molecule has 1 unspecified atom stereocenters. The molecule has 0 aliphatic carbocycles. The van der Waals surface area contributed by atoms with Crippen molar-refractivity contribution in [1.82, 2.24) is 20.2 Å². The molecule has 27 heavy (non-hydrogen) atoms. The lowest BCUT2D eigenvalue weighted by molar-refractivity contribution is -0.115. The van der Waals surface area contributed by atoms with Crippen LogP contribution in [0.2, 0.25) is 0 Å². The Hall–Kier alpha value is -3.19. The first-order chi connectivity index (χ1) is 13.2. The van der Waals surface area contributed by atoms with Crippen LogP contribution >= 0.6 is 11.8 Å². The lowest BCUT2D eigenvalue weighted by Crippen LogP contribution is -2.22. The SMILES string of the molecule is CC(Sc1n[nH]c(-c2ccncc2)n1)C(=O)Nc1cccc2ccccc12. The quantitative estimate of drug-likeness (QED) is 0.512. The Labute approximate surface area is 160 Å². The molecule has 7 heteroatoms. The van der Waals surface area contributed by atoms with Crippen LogP contribution < -0.4 is 5.32 Å². The summed E-state index contributed by atoms with van der Waals surface area (Å²) in [6.07, 6.45) is 3.40. The van der Waals surface area contributed by atoms with Crippen LogP contribution in [0, 0.1) is 0 Å². The van der Waals surface area contributed by atoms with Gasteiger partial charge in [-0.25, -0.2) is 4.98 Å². The standard InChI is InChI=1S/C20H17N5OS/c1-13(27-20-23-18(24-25-20)15-9-11-21-12-10-15)19(26)22-17-8-4-6-14-5-2-3-7-16(14)17/h2-13H,1H3,(H,22,26)(H,23,24,25). The van der Waals surface area contributed by atoms with Gasteiger partial charge in [-0.2, -0.15) is 0 Å². The molecule has 0 spiro atoms. The number of hydrogen-bond acceptors (Lipinski definition) is 5. The van der Waals surface area contributed by atoms with E-state index in [1.54, 1.807) is 12.4 Å². The van der Waals surface area contributed by atoms with E-state index in [1.165, 1.54) is 11.8 Å². The van der Waals surface area contributed by atoms with Gasteiger partial charge in [0.05, 0.1) is 5.25 Å². The van der Waals surface area contributed by atoms with Crippen LogP contribution in [-0.4, -0.2) is 31.3 Å². The highest BCUT2D eigenvalue weighted by Crippen LogP contribution is 2.26. The third-order valence-electron chi connectivity index (χ3n) is 4.12. The number of carbonyl (C=O) groups is 1. The molecule has 6 nitrogen and oxygen atoms in total. The number of hydrogen-bond donors (Lipinski definition) is 2. The lowest BCUT2D eigenvalue weighted by atomic mass is 10.1. The molecule has 1 amide bonds. The smallest absolute Gasteiger partial charge is 0.237 e. The van der Waals surface area contributed by atoms with Crippen molar-refractivity contribution in [3.8, 4) is 11.4 Å². The van der Waals surface area contributed by atoms with E-state index < -0.39 is 0 Å². The van der Waals surface area contributed by atoms with Gasteiger partial charge in [0, 0.05) is 29.0 Å². The number of H-pyrrole nitrogens is 1. The van der Waals surface area contributed by atoms with Gasteiger partial charge in [-0.05, 0) is 30.5 Å². The molecule has 0 aliphatic heterocycles. The second-order valence-corrected chi connectivity index (χ2v) is 7.29. The minimum Gasteiger partial charge on any atom is -0.325 e. The van der Waals surface area contributed by atoms with Crippen molar-refractivity contribution in [2.45, 2.75) is 17.3 Å². The highest BCUT2D eigenvalue weighted by atomic mass is 32.2. The topological polar surface area (TPSA) is 83.6 Å². The van der Waals surface area contributed by atoms with E-state index in [0.717, 1.165) is 22.0 Å². The van der Waals surface area contributed by atoms with E-state index in [2.05, 4.69) is 25.5 Å². The van der Waals surface area contributed by atoms with Crippen molar-refractivity contribution in [3.63, 3.8) is 0 Å². The molecule has 1 atom stereocenters. The number of carbonyl (C=O) groups excluding carboxylic acids is 1. The number of amides is 1. The molecule has 0 saturated heterocycles. The fourth-order valence-electron chi connectivity index (χ4n) is 2.72. The number of benzene rings is 2. The van der Waals surface area contributed by atoms with Crippen LogP contribution in [0.4, 0.5) is 5.69 Å². The zero-order valence-corrected chi connectivity index (χ0v) is 15.4. The number of aromatic amines is 1.